The van der Waals surface area contributed by atoms with Crippen molar-refractivity contribution in [3.8, 4) is 12.3 Å². The Hall–Kier alpha value is -0.130. The first-order chi connectivity index (χ1) is 6.91. The molecule has 0 fully saturated rings. The van der Waals surface area contributed by atoms with Gasteiger partial charge in [0.1, 0.15) is 0 Å². The fraction of sp³-hybridized carbons (Fsp3) is 0.833. The summed E-state index contributed by atoms with van der Waals surface area (Å²) >= 11 is 1.94. The highest BCUT2D eigenvalue weighted by Gasteiger charge is 1.90. The second kappa shape index (κ2) is 12.9. The van der Waals surface area contributed by atoms with Crippen LogP contribution in [-0.2, 0) is 0 Å². The summed E-state index contributed by atoms with van der Waals surface area (Å²) in [4.78, 5) is 0. The van der Waals surface area contributed by atoms with E-state index in [2.05, 4.69) is 17.5 Å². The van der Waals surface area contributed by atoms with Gasteiger partial charge in [0, 0.05) is 6.42 Å². The Morgan fingerprint density at radius 1 is 1.07 bits per heavy atom. The number of unbranched alkanes of at least 4 members (excludes halogenated alkanes) is 4. The van der Waals surface area contributed by atoms with E-state index < -0.39 is 0 Å². The molecule has 0 saturated heterocycles. The molecule has 0 radical (unpaired) electrons. The SMILES string of the molecule is C#CCCCNCCCCCCSC. The molecule has 0 aromatic rings. The smallest absolute Gasteiger partial charge is 0.00981 e. The van der Waals surface area contributed by atoms with Crippen molar-refractivity contribution in [1.82, 2.24) is 5.32 Å². The Bertz CT molecular complexity index is 140. The Labute approximate surface area is 93.4 Å². The molecule has 0 aliphatic carbocycles. The van der Waals surface area contributed by atoms with Gasteiger partial charge in [0.2, 0.25) is 0 Å². The molecule has 0 aliphatic rings. The van der Waals surface area contributed by atoms with E-state index in [9.17, 15) is 0 Å². The molecule has 82 valence electrons. The van der Waals surface area contributed by atoms with Crippen molar-refractivity contribution in [2.75, 3.05) is 25.1 Å². The van der Waals surface area contributed by atoms with Gasteiger partial charge in [0.15, 0.2) is 0 Å². The summed E-state index contributed by atoms with van der Waals surface area (Å²) in [5.74, 6) is 3.97. The molecular weight excluding hydrogens is 190 g/mol. The molecule has 0 atom stereocenters. The first-order valence-corrected chi connectivity index (χ1v) is 6.94. The van der Waals surface area contributed by atoms with Crippen molar-refractivity contribution in [3.05, 3.63) is 0 Å². The zero-order valence-corrected chi connectivity index (χ0v) is 10.2. The van der Waals surface area contributed by atoms with Crippen LogP contribution in [0.2, 0.25) is 0 Å². The van der Waals surface area contributed by atoms with E-state index in [4.69, 9.17) is 6.42 Å². The average Bonchev–Trinajstić information content (AvgIpc) is 2.21. The Morgan fingerprint density at radius 2 is 1.79 bits per heavy atom. The molecule has 0 unspecified atom stereocenters. The van der Waals surface area contributed by atoms with Crippen LogP contribution in [0, 0.1) is 12.3 Å². The van der Waals surface area contributed by atoms with E-state index in [1.165, 1.54) is 31.4 Å². The Balaban J connectivity index is 2.82. The lowest BCUT2D eigenvalue weighted by Crippen LogP contribution is -2.16. The van der Waals surface area contributed by atoms with E-state index in [-0.39, 0.29) is 0 Å². The minimum absolute atomic E-state index is 0.903. The molecule has 0 aliphatic heterocycles. The lowest BCUT2D eigenvalue weighted by molar-refractivity contribution is 0.590. The van der Waals surface area contributed by atoms with Crippen LogP contribution in [0.3, 0.4) is 0 Å². The minimum Gasteiger partial charge on any atom is -0.317 e. The van der Waals surface area contributed by atoms with E-state index in [0.717, 1.165) is 25.9 Å². The third-order valence-corrected chi connectivity index (χ3v) is 2.82. The highest BCUT2D eigenvalue weighted by atomic mass is 32.2. The van der Waals surface area contributed by atoms with Crippen LogP contribution < -0.4 is 5.32 Å². The molecule has 0 saturated carbocycles. The van der Waals surface area contributed by atoms with Gasteiger partial charge in [0.25, 0.3) is 0 Å². The van der Waals surface area contributed by atoms with E-state index in [1.807, 2.05) is 11.8 Å². The van der Waals surface area contributed by atoms with Gasteiger partial charge in [-0.05, 0) is 44.4 Å². The average molecular weight is 213 g/mol. The molecule has 0 aromatic carbocycles. The van der Waals surface area contributed by atoms with E-state index >= 15 is 0 Å². The molecule has 0 amide bonds. The molecule has 14 heavy (non-hydrogen) atoms. The summed E-state index contributed by atoms with van der Waals surface area (Å²) in [6.07, 6.45) is 14.8. The maximum absolute atomic E-state index is 5.16. The quantitative estimate of drug-likeness (QED) is 0.442. The first kappa shape index (κ1) is 13.9. The highest BCUT2D eigenvalue weighted by Crippen LogP contribution is 2.03. The van der Waals surface area contributed by atoms with Crippen molar-refractivity contribution >= 4 is 11.8 Å². The van der Waals surface area contributed by atoms with Crippen LogP contribution in [0.15, 0.2) is 0 Å². The van der Waals surface area contributed by atoms with Crippen LogP contribution >= 0.6 is 11.8 Å². The van der Waals surface area contributed by atoms with Crippen LogP contribution in [0.25, 0.3) is 0 Å². The molecule has 0 aromatic heterocycles. The number of terminal acetylenes is 1. The zero-order valence-electron chi connectivity index (χ0n) is 9.35. The minimum atomic E-state index is 0.903. The van der Waals surface area contributed by atoms with Crippen molar-refractivity contribution in [2.24, 2.45) is 0 Å². The van der Waals surface area contributed by atoms with Gasteiger partial charge in [-0.2, -0.15) is 11.8 Å². The zero-order chi connectivity index (χ0) is 10.5. The van der Waals surface area contributed by atoms with Crippen molar-refractivity contribution in [2.45, 2.75) is 38.5 Å². The van der Waals surface area contributed by atoms with Crippen molar-refractivity contribution in [1.29, 1.82) is 0 Å². The molecule has 1 N–H and O–H groups in total. The normalized spacial score (nSPS) is 10.0. The van der Waals surface area contributed by atoms with Gasteiger partial charge in [-0.1, -0.05) is 12.8 Å². The first-order valence-electron chi connectivity index (χ1n) is 5.55. The molecule has 1 nitrogen and oxygen atoms in total. The van der Waals surface area contributed by atoms with Crippen LogP contribution in [0.4, 0.5) is 0 Å². The summed E-state index contributed by atoms with van der Waals surface area (Å²) in [6.45, 7) is 2.23. The summed E-state index contributed by atoms with van der Waals surface area (Å²) in [5.41, 5.74) is 0. The standard InChI is InChI=1S/C12H23NS/c1-3-4-7-10-13-11-8-5-6-9-12-14-2/h1,13H,4-12H2,2H3. The lowest BCUT2D eigenvalue weighted by Gasteiger charge is -2.03. The number of thioether (sulfide) groups is 1. The summed E-state index contributed by atoms with van der Waals surface area (Å²) in [6, 6.07) is 0. The summed E-state index contributed by atoms with van der Waals surface area (Å²) in [5, 5.41) is 3.41. The number of nitrogens with one attached hydrogen (secondary N) is 1. The van der Waals surface area contributed by atoms with Crippen molar-refractivity contribution in [3.63, 3.8) is 0 Å². The molecule has 0 bridgehead atoms. The second-order valence-corrected chi connectivity index (χ2v) is 4.45. The van der Waals surface area contributed by atoms with E-state index in [1.54, 1.807) is 0 Å². The van der Waals surface area contributed by atoms with Gasteiger partial charge in [-0.3, -0.25) is 0 Å². The molecule has 0 rings (SSSR count). The lowest BCUT2D eigenvalue weighted by atomic mass is 10.2. The predicted octanol–water partition coefficient (Wildman–Crippen LogP) is 2.91. The second-order valence-electron chi connectivity index (χ2n) is 3.46. The number of rotatable bonds is 10. The fourth-order valence-electron chi connectivity index (χ4n) is 1.29. The van der Waals surface area contributed by atoms with Gasteiger partial charge < -0.3 is 5.32 Å². The maximum atomic E-state index is 5.16. The topological polar surface area (TPSA) is 12.0 Å². The largest absolute Gasteiger partial charge is 0.317 e. The molecule has 2 heteroatoms. The monoisotopic (exact) mass is 213 g/mol. The van der Waals surface area contributed by atoms with Gasteiger partial charge in [0.05, 0.1) is 0 Å². The van der Waals surface area contributed by atoms with Crippen molar-refractivity contribution < 1.29 is 0 Å². The molecule has 0 heterocycles. The van der Waals surface area contributed by atoms with Gasteiger partial charge >= 0.3 is 0 Å². The predicted molar refractivity (Wildman–Crippen MR) is 67.8 cm³/mol. The fourth-order valence-corrected chi connectivity index (χ4v) is 1.78. The molecule has 0 spiro atoms. The summed E-state index contributed by atoms with van der Waals surface area (Å²) < 4.78 is 0. The van der Waals surface area contributed by atoms with Gasteiger partial charge in [-0.15, -0.1) is 12.3 Å². The number of hydrogen-bond acceptors (Lipinski definition) is 2. The number of hydrogen-bond donors (Lipinski definition) is 1. The Morgan fingerprint density at radius 3 is 2.50 bits per heavy atom. The molecular formula is C12H23NS. The van der Waals surface area contributed by atoms with Crippen LogP contribution in [0.5, 0.6) is 0 Å². The van der Waals surface area contributed by atoms with Crippen LogP contribution in [-0.4, -0.2) is 25.1 Å². The Kier molecular flexibility index (Phi) is 12.8. The highest BCUT2D eigenvalue weighted by molar-refractivity contribution is 7.98. The summed E-state index contributed by atoms with van der Waals surface area (Å²) in [7, 11) is 0. The third-order valence-electron chi connectivity index (χ3n) is 2.13. The third kappa shape index (κ3) is 11.9. The van der Waals surface area contributed by atoms with E-state index in [0.29, 0.717) is 0 Å². The van der Waals surface area contributed by atoms with Gasteiger partial charge in [-0.25, -0.2) is 0 Å². The van der Waals surface area contributed by atoms with Crippen LogP contribution in [0.1, 0.15) is 38.5 Å². The maximum Gasteiger partial charge on any atom is 0.00981 e.